The monoisotopic (exact) mass is 697 g/mol. The van der Waals surface area contributed by atoms with Crippen LogP contribution in [-0.4, -0.2) is 13.4 Å². The van der Waals surface area contributed by atoms with Crippen molar-refractivity contribution in [2.75, 3.05) is 0 Å². The van der Waals surface area contributed by atoms with Gasteiger partial charge in [-0.2, -0.15) is 0 Å². The first-order valence-electron chi connectivity index (χ1n) is 18.6. The molecule has 4 heteroatoms. The highest BCUT2D eigenvalue weighted by atomic mass is 31.1. The SMILES string of the molecule is Cc1cc(C)c(B(c2ccc([P](=O)c3ccc(B(c4c(C)cc(C)cc4C)c4c(C)cc(C)cc4C)cc3)cc2)c2c(C)cc(C)cc2C)c(C)c1. The number of rotatable bonds is 8. The summed E-state index contributed by atoms with van der Waals surface area (Å²) in [4.78, 5) is 0. The molecule has 6 rings (SSSR count). The van der Waals surface area contributed by atoms with E-state index < -0.39 is 7.80 Å². The molecule has 0 unspecified atom stereocenters. The minimum atomic E-state index is -1.77. The summed E-state index contributed by atoms with van der Waals surface area (Å²) < 4.78 is 14.2. The zero-order valence-corrected chi connectivity index (χ0v) is 34.1. The summed E-state index contributed by atoms with van der Waals surface area (Å²) in [5.41, 5.74) is 23.5. The van der Waals surface area contributed by atoms with Crippen LogP contribution in [0.3, 0.4) is 0 Å². The zero-order chi connectivity index (χ0) is 37.6. The molecule has 0 spiro atoms. The summed E-state index contributed by atoms with van der Waals surface area (Å²) in [6.07, 6.45) is 0. The van der Waals surface area contributed by atoms with E-state index in [0.29, 0.717) is 0 Å². The molecule has 0 atom stereocenters. The van der Waals surface area contributed by atoms with Crippen LogP contribution >= 0.6 is 7.80 Å². The van der Waals surface area contributed by atoms with Gasteiger partial charge in [-0.3, -0.25) is 4.57 Å². The van der Waals surface area contributed by atoms with E-state index in [9.17, 15) is 4.57 Å². The van der Waals surface area contributed by atoms with Crippen LogP contribution in [0.4, 0.5) is 0 Å². The highest BCUT2D eigenvalue weighted by Gasteiger charge is 2.30. The molecule has 0 aromatic heterocycles. The average Bonchev–Trinajstić information content (AvgIpc) is 3.05. The van der Waals surface area contributed by atoms with Crippen LogP contribution in [0.5, 0.6) is 0 Å². The van der Waals surface area contributed by atoms with Gasteiger partial charge in [0.05, 0.1) is 0 Å². The van der Waals surface area contributed by atoms with Crippen molar-refractivity contribution >= 4 is 64.6 Å². The Morgan fingerprint density at radius 3 is 0.712 bits per heavy atom. The van der Waals surface area contributed by atoms with Gasteiger partial charge in [0.2, 0.25) is 13.4 Å². The van der Waals surface area contributed by atoms with Gasteiger partial charge in [-0.1, -0.05) is 172 Å². The summed E-state index contributed by atoms with van der Waals surface area (Å²) in [5.74, 6) is 0. The van der Waals surface area contributed by atoms with E-state index in [1.54, 1.807) is 0 Å². The molecule has 0 amide bonds. The number of aryl methyl sites for hydroxylation is 12. The van der Waals surface area contributed by atoms with Gasteiger partial charge in [-0.05, 0) is 107 Å². The molecule has 0 aliphatic rings. The predicted molar refractivity (Wildman–Crippen MR) is 232 cm³/mol. The van der Waals surface area contributed by atoms with Gasteiger partial charge < -0.3 is 0 Å². The standard InChI is InChI=1S/C48H52B2OP/c1-29-21-33(5)45(34(6)22-29)49(46-35(7)23-30(2)24-36(46)8)41-13-17-43(18-14-41)52(51)44-19-15-42(16-20-44)50(47-37(9)25-31(3)26-38(47)10)48-39(11)27-32(4)28-40(48)12/h13-28H,1-12H3. The Bertz CT molecular complexity index is 1960. The number of benzene rings is 6. The summed E-state index contributed by atoms with van der Waals surface area (Å²) in [5, 5.41) is 1.71. The molecule has 6 aromatic rings. The molecule has 0 heterocycles. The molecule has 0 aliphatic carbocycles. The Labute approximate surface area is 314 Å². The van der Waals surface area contributed by atoms with Crippen molar-refractivity contribution in [1.29, 1.82) is 0 Å². The fourth-order valence-electron chi connectivity index (χ4n) is 9.29. The molecule has 261 valence electrons. The van der Waals surface area contributed by atoms with Gasteiger partial charge in [0.1, 0.15) is 7.80 Å². The lowest BCUT2D eigenvalue weighted by atomic mass is 9.34. The van der Waals surface area contributed by atoms with Crippen molar-refractivity contribution in [2.24, 2.45) is 0 Å². The van der Waals surface area contributed by atoms with E-state index >= 15 is 0 Å². The fraction of sp³-hybridized carbons (Fsp3) is 0.250. The van der Waals surface area contributed by atoms with E-state index in [1.807, 2.05) is 0 Å². The predicted octanol–water partition coefficient (Wildman–Crippen LogP) is 7.20. The van der Waals surface area contributed by atoms with Gasteiger partial charge in [0.15, 0.2) is 0 Å². The second-order valence-corrected chi connectivity index (χ2v) is 17.2. The van der Waals surface area contributed by atoms with Crippen molar-refractivity contribution in [3.05, 3.63) is 164 Å². The van der Waals surface area contributed by atoms with Gasteiger partial charge in [-0.25, -0.2) is 0 Å². The Balaban J connectivity index is 1.39. The first-order chi connectivity index (χ1) is 24.6. The molecular formula is C48H52B2OP. The Hall–Kier alpha value is -4.45. The zero-order valence-electron chi connectivity index (χ0n) is 33.2. The highest BCUT2D eigenvalue weighted by molar-refractivity contribution is 7.61. The maximum absolute atomic E-state index is 14.2. The molecular weight excluding hydrogens is 645 g/mol. The highest BCUT2D eigenvalue weighted by Crippen LogP contribution is 2.20. The maximum Gasteiger partial charge on any atom is 0.242 e. The normalized spacial score (nSPS) is 11.2. The largest absolute Gasteiger partial charge is 0.277 e. The smallest absolute Gasteiger partial charge is 0.242 e. The summed E-state index contributed by atoms with van der Waals surface area (Å²) in [6, 6.07) is 35.6. The molecule has 0 N–H and O–H groups in total. The minimum Gasteiger partial charge on any atom is -0.277 e. The van der Waals surface area contributed by atoms with Gasteiger partial charge in [0, 0.05) is 10.6 Å². The van der Waals surface area contributed by atoms with Crippen molar-refractivity contribution < 1.29 is 4.57 Å². The Morgan fingerprint density at radius 1 is 0.327 bits per heavy atom. The van der Waals surface area contributed by atoms with Crippen molar-refractivity contribution in [2.45, 2.75) is 83.1 Å². The van der Waals surface area contributed by atoms with Crippen molar-refractivity contribution in [3.8, 4) is 0 Å². The van der Waals surface area contributed by atoms with E-state index in [-0.39, 0.29) is 13.4 Å². The van der Waals surface area contributed by atoms with E-state index in [2.05, 4.69) is 180 Å². The average molecular weight is 698 g/mol. The van der Waals surface area contributed by atoms with Crippen molar-refractivity contribution in [3.63, 3.8) is 0 Å². The van der Waals surface area contributed by atoms with E-state index in [0.717, 1.165) is 10.6 Å². The van der Waals surface area contributed by atoms with Gasteiger partial charge in [-0.15, -0.1) is 0 Å². The van der Waals surface area contributed by atoms with E-state index in [4.69, 9.17) is 0 Å². The van der Waals surface area contributed by atoms with E-state index in [1.165, 1.54) is 99.5 Å². The molecule has 0 aliphatic heterocycles. The van der Waals surface area contributed by atoms with Crippen LogP contribution in [-0.2, 0) is 4.57 Å². The van der Waals surface area contributed by atoms with Crippen LogP contribution in [0.2, 0.25) is 0 Å². The molecule has 0 saturated carbocycles. The third kappa shape index (κ3) is 7.27. The molecule has 6 aromatic carbocycles. The van der Waals surface area contributed by atoms with Crippen molar-refractivity contribution in [1.82, 2.24) is 0 Å². The lowest BCUT2D eigenvalue weighted by Crippen LogP contribution is -2.56. The van der Waals surface area contributed by atoms with Crippen LogP contribution in [0, 0.1) is 83.1 Å². The van der Waals surface area contributed by atoms with Crippen LogP contribution in [0.1, 0.15) is 66.8 Å². The first kappa shape index (κ1) is 37.3. The lowest BCUT2D eigenvalue weighted by molar-refractivity contribution is 0.598. The molecule has 1 radical (unpaired) electrons. The second kappa shape index (κ2) is 14.9. The maximum atomic E-state index is 14.2. The van der Waals surface area contributed by atoms with Crippen LogP contribution in [0.15, 0.2) is 97.1 Å². The molecule has 52 heavy (non-hydrogen) atoms. The molecule has 0 bridgehead atoms. The fourth-order valence-corrected chi connectivity index (χ4v) is 10.4. The molecule has 0 fully saturated rings. The second-order valence-electron chi connectivity index (χ2n) is 15.6. The first-order valence-corrected chi connectivity index (χ1v) is 19.9. The number of hydrogen-bond donors (Lipinski definition) is 0. The minimum absolute atomic E-state index is 0.0896. The van der Waals surface area contributed by atoms with Crippen LogP contribution in [0.25, 0.3) is 0 Å². The van der Waals surface area contributed by atoms with Crippen LogP contribution < -0.4 is 43.4 Å². The third-order valence-electron chi connectivity index (χ3n) is 11.0. The summed E-state index contributed by atoms with van der Waals surface area (Å²) in [6.45, 7) is 26.8. The van der Waals surface area contributed by atoms with Gasteiger partial charge in [0.25, 0.3) is 0 Å². The molecule has 0 saturated heterocycles. The summed E-state index contributed by atoms with van der Waals surface area (Å²) >= 11 is 0. The summed E-state index contributed by atoms with van der Waals surface area (Å²) in [7, 11) is -1.77. The Morgan fingerprint density at radius 2 is 0.519 bits per heavy atom. The van der Waals surface area contributed by atoms with Gasteiger partial charge >= 0.3 is 0 Å². The number of hydrogen-bond acceptors (Lipinski definition) is 1. The third-order valence-corrected chi connectivity index (χ3v) is 12.6. The lowest BCUT2D eigenvalue weighted by Gasteiger charge is -2.25. The Kier molecular flexibility index (Phi) is 10.7. The quantitative estimate of drug-likeness (QED) is 0.122. The molecule has 1 nitrogen and oxygen atoms in total. The topological polar surface area (TPSA) is 17.1 Å².